The molecule has 0 saturated carbocycles. The maximum Gasteiger partial charge on any atom is 0.255 e. The molecule has 1 aromatic heterocycles. The van der Waals surface area contributed by atoms with Crippen LogP contribution in [0.15, 0.2) is 42.5 Å². The van der Waals surface area contributed by atoms with Crippen molar-refractivity contribution in [2.24, 2.45) is 7.05 Å². The summed E-state index contributed by atoms with van der Waals surface area (Å²) >= 11 is 0. The average molecular weight is 416 g/mol. The number of fused-ring (bicyclic) bond motifs is 1. The van der Waals surface area contributed by atoms with Gasteiger partial charge in [-0.2, -0.15) is 0 Å². The minimum atomic E-state index is -0.638. The Kier molecular flexibility index (Phi) is 4.32. The first-order chi connectivity index (χ1) is 14.9. The van der Waals surface area contributed by atoms with Gasteiger partial charge in [-0.15, -0.1) is 5.10 Å². The summed E-state index contributed by atoms with van der Waals surface area (Å²) in [4.78, 5) is 38.1. The Labute approximate surface area is 177 Å². The van der Waals surface area contributed by atoms with Crippen LogP contribution in [0.4, 0.5) is 5.69 Å². The van der Waals surface area contributed by atoms with Crippen LogP contribution in [0.5, 0.6) is 0 Å². The third-order valence-electron chi connectivity index (χ3n) is 5.78. The highest BCUT2D eigenvalue weighted by Crippen LogP contribution is 2.34. The lowest BCUT2D eigenvalue weighted by atomic mass is 10.0. The molecule has 2 aliphatic rings. The lowest BCUT2D eigenvalue weighted by Gasteiger charge is -2.29. The fourth-order valence-corrected chi connectivity index (χ4v) is 4.28. The van der Waals surface area contributed by atoms with Gasteiger partial charge in [0, 0.05) is 42.4 Å². The van der Waals surface area contributed by atoms with Crippen molar-refractivity contribution in [1.82, 2.24) is 25.2 Å². The summed E-state index contributed by atoms with van der Waals surface area (Å²) in [5, 5.41) is 10.8. The first kappa shape index (κ1) is 19.0. The van der Waals surface area contributed by atoms with Gasteiger partial charge in [0.1, 0.15) is 11.7 Å². The Morgan fingerprint density at radius 2 is 1.94 bits per heavy atom. The first-order valence-corrected chi connectivity index (χ1v) is 9.96. The van der Waals surface area contributed by atoms with Crippen molar-refractivity contribution < 1.29 is 14.4 Å². The predicted molar refractivity (Wildman–Crippen MR) is 112 cm³/mol. The van der Waals surface area contributed by atoms with Gasteiger partial charge in [-0.1, -0.05) is 23.4 Å². The van der Waals surface area contributed by atoms with Crippen molar-refractivity contribution in [3.8, 4) is 22.5 Å². The highest BCUT2D eigenvalue weighted by Gasteiger charge is 2.39. The van der Waals surface area contributed by atoms with Gasteiger partial charge in [-0.3, -0.25) is 19.7 Å². The zero-order valence-corrected chi connectivity index (χ0v) is 16.8. The Bertz CT molecular complexity index is 1250. The molecule has 3 heterocycles. The monoisotopic (exact) mass is 416 g/mol. The molecule has 9 heteroatoms. The minimum Gasteiger partial charge on any atom is -0.399 e. The van der Waals surface area contributed by atoms with Gasteiger partial charge in [0.2, 0.25) is 11.8 Å². The number of nitrogens with two attached hydrogens (primary N) is 1. The Morgan fingerprint density at radius 3 is 2.71 bits per heavy atom. The van der Waals surface area contributed by atoms with Gasteiger partial charge < -0.3 is 10.6 Å². The molecule has 0 aliphatic carbocycles. The lowest BCUT2D eigenvalue weighted by molar-refractivity contribution is -0.136. The maximum absolute atomic E-state index is 12.9. The molecule has 1 unspecified atom stereocenters. The number of aromatic nitrogens is 3. The topological polar surface area (TPSA) is 123 Å². The van der Waals surface area contributed by atoms with Crippen LogP contribution in [0.3, 0.4) is 0 Å². The highest BCUT2D eigenvalue weighted by molar-refractivity contribution is 6.05. The predicted octanol–water partition coefficient (Wildman–Crippen LogP) is 1.49. The molecule has 0 radical (unpaired) electrons. The van der Waals surface area contributed by atoms with E-state index in [0.717, 1.165) is 22.4 Å². The molecule has 2 aliphatic heterocycles. The number of benzene rings is 2. The number of imide groups is 1. The smallest absolute Gasteiger partial charge is 0.255 e. The Balaban J connectivity index is 1.50. The summed E-state index contributed by atoms with van der Waals surface area (Å²) in [7, 11) is 1.82. The van der Waals surface area contributed by atoms with Crippen molar-refractivity contribution in [2.45, 2.75) is 25.4 Å². The summed E-state index contributed by atoms with van der Waals surface area (Å²) in [5.41, 5.74) is 11.2. The quantitative estimate of drug-likeness (QED) is 0.493. The van der Waals surface area contributed by atoms with Crippen LogP contribution in [0, 0.1) is 0 Å². The van der Waals surface area contributed by atoms with Crippen molar-refractivity contribution in [1.29, 1.82) is 0 Å². The lowest BCUT2D eigenvalue weighted by Crippen LogP contribution is -2.52. The number of carbonyl (C=O) groups excluding carboxylic acids is 3. The number of hydrogen-bond acceptors (Lipinski definition) is 6. The van der Waals surface area contributed by atoms with E-state index in [1.165, 1.54) is 4.90 Å². The standard InChI is InChI=1S/C22H20N6O3/c1-27-20(13-3-2-4-15(23)10-13)19(25-26-27)12-5-6-16-14(9-12)11-28(22(16)31)17-7-8-18(29)24-21(17)30/h2-6,9-10,17H,7-8,11,23H2,1H3,(H,24,29,30). The zero-order chi connectivity index (χ0) is 21.7. The van der Waals surface area contributed by atoms with E-state index in [1.807, 2.05) is 43.4 Å². The molecule has 3 N–H and O–H groups in total. The number of piperidine rings is 1. The van der Waals surface area contributed by atoms with Crippen LogP contribution in [-0.2, 0) is 23.2 Å². The second-order valence-corrected chi connectivity index (χ2v) is 7.81. The van der Waals surface area contributed by atoms with Crippen molar-refractivity contribution in [2.75, 3.05) is 5.73 Å². The van der Waals surface area contributed by atoms with Crippen molar-refractivity contribution in [3.05, 3.63) is 53.6 Å². The maximum atomic E-state index is 12.9. The number of nitrogens with one attached hydrogen (secondary N) is 1. The molecule has 1 saturated heterocycles. The molecule has 3 aromatic rings. The minimum absolute atomic E-state index is 0.203. The molecule has 1 atom stereocenters. The van der Waals surface area contributed by atoms with Crippen LogP contribution in [-0.4, -0.2) is 43.7 Å². The van der Waals surface area contributed by atoms with Crippen LogP contribution in [0.2, 0.25) is 0 Å². The Hall–Kier alpha value is -4.01. The van der Waals surface area contributed by atoms with Crippen molar-refractivity contribution in [3.63, 3.8) is 0 Å². The summed E-state index contributed by atoms with van der Waals surface area (Å²) in [5.74, 6) is -0.925. The number of amides is 3. The fourth-order valence-electron chi connectivity index (χ4n) is 4.28. The van der Waals surface area contributed by atoms with Gasteiger partial charge in [-0.05, 0) is 36.2 Å². The van der Waals surface area contributed by atoms with E-state index in [1.54, 1.807) is 10.7 Å². The molecule has 2 aromatic carbocycles. The van der Waals surface area contributed by atoms with Crippen LogP contribution in [0.25, 0.3) is 22.5 Å². The first-order valence-electron chi connectivity index (χ1n) is 9.96. The second-order valence-electron chi connectivity index (χ2n) is 7.81. The molecular weight excluding hydrogens is 396 g/mol. The largest absolute Gasteiger partial charge is 0.399 e. The molecule has 9 nitrogen and oxygen atoms in total. The van der Waals surface area contributed by atoms with E-state index in [-0.39, 0.29) is 18.2 Å². The van der Waals surface area contributed by atoms with E-state index in [0.29, 0.717) is 29.9 Å². The second kappa shape index (κ2) is 7.05. The number of rotatable bonds is 3. The zero-order valence-electron chi connectivity index (χ0n) is 16.8. The number of carbonyl (C=O) groups is 3. The van der Waals surface area contributed by atoms with Gasteiger partial charge in [-0.25, -0.2) is 4.68 Å². The Morgan fingerprint density at radius 1 is 1.10 bits per heavy atom. The summed E-state index contributed by atoms with van der Waals surface area (Å²) in [6.45, 7) is 0.308. The normalized spacial score (nSPS) is 18.3. The summed E-state index contributed by atoms with van der Waals surface area (Å²) < 4.78 is 1.69. The molecule has 0 spiro atoms. The molecule has 5 rings (SSSR count). The number of nitrogen functional groups attached to an aromatic ring is 1. The van der Waals surface area contributed by atoms with Crippen LogP contribution >= 0.6 is 0 Å². The molecule has 0 bridgehead atoms. The van der Waals surface area contributed by atoms with Crippen LogP contribution in [0.1, 0.15) is 28.8 Å². The summed E-state index contributed by atoms with van der Waals surface area (Å²) in [6, 6.07) is 12.4. The number of anilines is 1. The van der Waals surface area contributed by atoms with E-state index in [2.05, 4.69) is 15.6 Å². The highest BCUT2D eigenvalue weighted by atomic mass is 16.2. The van der Waals surface area contributed by atoms with E-state index >= 15 is 0 Å². The van der Waals surface area contributed by atoms with Crippen molar-refractivity contribution >= 4 is 23.4 Å². The molecular formula is C22H20N6O3. The van der Waals surface area contributed by atoms with Gasteiger partial charge in [0.25, 0.3) is 5.91 Å². The fraction of sp³-hybridized carbons (Fsp3) is 0.227. The van der Waals surface area contributed by atoms with Crippen LogP contribution < -0.4 is 11.1 Å². The molecule has 1 fully saturated rings. The van der Waals surface area contributed by atoms with E-state index in [4.69, 9.17) is 5.73 Å². The third-order valence-corrected chi connectivity index (χ3v) is 5.78. The number of hydrogen-bond donors (Lipinski definition) is 2. The summed E-state index contributed by atoms with van der Waals surface area (Å²) in [6.07, 6.45) is 0.561. The van der Waals surface area contributed by atoms with Gasteiger partial charge >= 0.3 is 0 Å². The molecule has 156 valence electrons. The number of nitrogens with zero attached hydrogens (tertiary/aromatic N) is 4. The SMILES string of the molecule is Cn1nnc(-c2ccc3c(c2)CN(C2CCC(=O)NC2=O)C3=O)c1-c1cccc(N)c1. The van der Waals surface area contributed by atoms with Gasteiger partial charge in [0.15, 0.2) is 0 Å². The third kappa shape index (κ3) is 3.14. The van der Waals surface area contributed by atoms with E-state index < -0.39 is 11.9 Å². The van der Waals surface area contributed by atoms with E-state index in [9.17, 15) is 14.4 Å². The molecule has 3 amide bonds. The average Bonchev–Trinajstić information content (AvgIpc) is 3.28. The number of aryl methyl sites for hydroxylation is 1. The van der Waals surface area contributed by atoms with Gasteiger partial charge in [0.05, 0.1) is 5.69 Å². The molecule has 31 heavy (non-hydrogen) atoms.